The number of hydrogen-bond donors (Lipinski definition) is 1. The maximum absolute atomic E-state index is 12.7. The fourth-order valence-corrected chi connectivity index (χ4v) is 4.54. The summed E-state index contributed by atoms with van der Waals surface area (Å²) < 4.78 is 11.0. The second kappa shape index (κ2) is 9.99. The van der Waals surface area contributed by atoms with Crippen molar-refractivity contribution in [2.24, 2.45) is 0 Å². The number of ether oxygens (including phenoxy) is 1. The number of aromatic nitrogens is 1. The molecule has 0 spiro atoms. The number of nitrogens with zero attached hydrogens (tertiary/aromatic N) is 2. The second-order valence-corrected chi connectivity index (χ2v) is 8.68. The lowest BCUT2D eigenvalue weighted by atomic mass is 10.0. The van der Waals surface area contributed by atoms with Crippen LogP contribution in [0.25, 0.3) is 10.8 Å². The molecule has 0 atom stereocenters. The van der Waals surface area contributed by atoms with Gasteiger partial charge in [0, 0.05) is 30.1 Å². The minimum atomic E-state index is -0.0474. The zero-order chi connectivity index (χ0) is 22.5. The van der Waals surface area contributed by atoms with E-state index in [1.54, 1.807) is 12.1 Å². The Labute approximate surface area is 191 Å². The summed E-state index contributed by atoms with van der Waals surface area (Å²) in [6, 6.07) is 11.1. The highest BCUT2D eigenvalue weighted by Gasteiger charge is 2.25. The first-order valence-electron chi connectivity index (χ1n) is 10.8. The summed E-state index contributed by atoms with van der Waals surface area (Å²) in [5.74, 6) is 2.29. The first-order valence-corrected chi connectivity index (χ1v) is 11.7. The van der Waals surface area contributed by atoms with E-state index in [-0.39, 0.29) is 24.3 Å². The molecule has 4 rings (SSSR count). The van der Waals surface area contributed by atoms with Crippen molar-refractivity contribution in [3.05, 3.63) is 58.8 Å². The van der Waals surface area contributed by atoms with E-state index in [1.165, 1.54) is 11.3 Å². The number of rotatable bonds is 7. The average molecular weight is 454 g/mol. The molecule has 1 aliphatic rings. The van der Waals surface area contributed by atoms with E-state index in [1.807, 2.05) is 48.4 Å². The van der Waals surface area contributed by atoms with E-state index in [9.17, 15) is 9.59 Å². The van der Waals surface area contributed by atoms with Crippen LogP contribution < -0.4 is 10.1 Å². The summed E-state index contributed by atoms with van der Waals surface area (Å²) in [5, 5.41) is 5.76. The van der Waals surface area contributed by atoms with E-state index in [2.05, 4.69) is 10.3 Å². The molecule has 0 aliphatic carbocycles. The number of aryl methyl sites for hydroxylation is 1. The van der Waals surface area contributed by atoms with Crippen molar-refractivity contribution in [1.82, 2.24) is 15.2 Å². The minimum Gasteiger partial charge on any atom is -0.494 e. The molecule has 3 aromatic rings. The molecule has 0 saturated carbocycles. The predicted molar refractivity (Wildman–Crippen MR) is 123 cm³/mol. The molecule has 1 aliphatic heterocycles. The monoisotopic (exact) mass is 453 g/mol. The third-order valence-corrected chi connectivity index (χ3v) is 6.31. The average Bonchev–Trinajstić information content (AvgIpc) is 3.43. The Hall–Kier alpha value is -3.13. The van der Waals surface area contributed by atoms with Crippen LogP contribution in [0.2, 0.25) is 0 Å². The van der Waals surface area contributed by atoms with Gasteiger partial charge in [-0.05, 0) is 63.1 Å². The topological polar surface area (TPSA) is 84.7 Å². The molecule has 7 nitrogen and oxygen atoms in total. The Bertz CT molecular complexity index is 1070. The summed E-state index contributed by atoms with van der Waals surface area (Å²) in [5.41, 5.74) is 1.39. The van der Waals surface area contributed by atoms with Crippen LogP contribution in [-0.4, -0.2) is 47.4 Å². The molecule has 2 amide bonds. The van der Waals surface area contributed by atoms with Crippen LogP contribution in [0.1, 0.15) is 41.6 Å². The van der Waals surface area contributed by atoms with Crippen molar-refractivity contribution in [2.75, 3.05) is 19.7 Å². The van der Waals surface area contributed by atoms with E-state index < -0.39 is 0 Å². The Kier molecular flexibility index (Phi) is 6.90. The fraction of sp³-hybridized carbons (Fsp3) is 0.375. The van der Waals surface area contributed by atoms with Crippen LogP contribution in [0.3, 0.4) is 0 Å². The van der Waals surface area contributed by atoms with Gasteiger partial charge >= 0.3 is 0 Å². The van der Waals surface area contributed by atoms with Crippen molar-refractivity contribution in [3.63, 3.8) is 0 Å². The number of likely N-dealkylation sites (tertiary alicyclic amines) is 1. The Morgan fingerprint density at radius 1 is 1.19 bits per heavy atom. The molecular formula is C24H27N3O4S. The highest BCUT2D eigenvalue weighted by molar-refractivity contribution is 7.13. The van der Waals surface area contributed by atoms with E-state index >= 15 is 0 Å². The Morgan fingerprint density at radius 2 is 1.94 bits per heavy atom. The summed E-state index contributed by atoms with van der Waals surface area (Å²) in [4.78, 5) is 31.6. The van der Waals surface area contributed by atoms with Crippen LogP contribution in [0.5, 0.6) is 5.75 Å². The molecule has 0 radical (unpaired) electrons. The van der Waals surface area contributed by atoms with Gasteiger partial charge < -0.3 is 19.4 Å². The number of nitrogens with one attached hydrogen (secondary N) is 1. The number of furan rings is 1. The van der Waals surface area contributed by atoms with Gasteiger partial charge in [-0.25, -0.2) is 4.98 Å². The predicted octanol–water partition coefficient (Wildman–Crippen LogP) is 4.07. The second-order valence-electron chi connectivity index (χ2n) is 7.82. The first kappa shape index (κ1) is 22.1. The van der Waals surface area contributed by atoms with Gasteiger partial charge in [0.05, 0.1) is 18.7 Å². The van der Waals surface area contributed by atoms with Gasteiger partial charge in [-0.2, -0.15) is 0 Å². The van der Waals surface area contributed by atoms with Crippen LogP contribution in [-0.2, 0) is 11.2 Å². The molecule has 0 unspecified atom stereocenters. The van der Waals surface area contributed by atoms with Crippen molar-refractivity contribution < 1.29 is 18.7 Å². The lowest BCUT2D eigenvalue weighted by Crippen LogP contribution is -2.46. The zero-order valence-electron chi connectivity index (χ0n) is 18.3. The molecule has 8 heteroatoms. The first-order chi connectivity index (χ1) is 15.5. The quantitative estimate of drug-likeness (QED) is 0.583. The number of carbonyl (C=O) groups excluding carboxylic acids is 2. The molecule has 2 aromatic heterocycles. The Morgan fingerprint density at radius 3 is 2.59 bits per heavy atom. The molecule has 1 aromatic carbocycles. The van der Waals surface area contributed by atoms with Gasteiger partial charge in [0.15, 0.2) is 10.8 Å². The largest absolute Gasteiger partial charge is 0.494 e. The van der Waals surface area contributed by atoms with Crippen LogP contribution in [0.4, 0.5) is 0 Å². The van der Waals surface area contributed by atoms with E-state index in [4.69, 9.17) is 9.15 Å². The summed E-state index contributed by atoms with van der Waals surface area (Å²) >= 11 is 1.47. The SMILES string of the molecule is CCOc1ccc(C(=O)N2CCC(NC(=O)Cc3csc(-c4ccc(C)o4)n3)CC2)cc1. The molecule has 32 heavy (non-hydrogen) atoms. The maximum atomic E-state index is 12.7. The third-order valence-electron chi connectivity index (χ3n) is 5.40. The van der Waals surface area contributed by atoms with Gasteiger partial charge in [-0.15, -0.1) is 11.3 Å². The molecule has 3 heterocycles. The smallest absolute Gasteiger partial charge is 0.253 e. The highest BCUT2D eigenvalue weighted by Crippen LogP contribution is 2.26. The van der Waals surface area contributed by atoms with Crippen molar-refractivity contribution in [3.8, 4) is 16.5 Å². The number of amides is 2. The summed E-state index contributed by atoms with van der Waals surface area (Å²) in [7, 11) is 0. The van der Waals surface area contributed by atoms with E-state index in [0.717, 1.165) is 40.8 Å². The van der Waals surface area contributed by atoms with Gasteiger partial charge in [-0.1, -0.05) is 0 Å². The molecule has 0 bridgehead atoms. The van der Waals surface area contributed by atoms with Crippen molar-refractivity contribution in [1.29, 1.82) is 0 Å². The van der Waals surface area contributed by atoms with Crippen molar-refractivity contribution >= 4 is 23.2 Å². The van der Waals surface area contributed by atoms with Crippen LogP contribution in [0, 0.1) is 6.92 Å². The van der Waals surface area contributed by atoms with Crippen LogP contribution in [0.15, 0.2) is 46.2 Å². The summed E-state index contributed by atoms with van der Waals surface area (Å²) in [6.07, 6.45) is 1.71. The third kappa shape index (κ3) is 5.37. The number of benzene rings is 1. The van der Waals surface area contributed by atoms with Gasteiger partial charge in [0.25, 0.3) is 5.91 Å². The standard InChI is InChI=1S/C24H27N3O4S/c1-3-30-20-7-5-17(6-8-20)24(29)27-12-10-18(11-13-27)25-22(28)14-19-15-32-23(26-19)21-9-4-16(2)31-21/h4-9,15,18H,3,10-14H2,1-2H3,(H,25,28). The molecule has 1 fully saturated rings. The Balaban J connectivity index is 1.24. The molecule has 1 saturated heterocycles. The molecule has 168 valence electrons. The highest BCUT2D eigenvalue weighted by atomic mass is 32.1. The fourth-order valence-electron chi connectivity index (χ4n) is 3.76. The molecular weight excluding hydrogens is 426 g/mol. The summed E-state index contributed by atoms with van der Waals surface area (Å²) in [6.45, 7) is 5.66. The normalized spacial score (nSPS) is 14.4. The number of carbonyl (C=O) groups is 2. The zero-order valence-corrected chi connectivity index (χ0v) is 19.1. The number of piperidine rings is 1. The number of thiazole rings is 1. The maximum Gasteiger partial charge on any atom is 0.253 e. The van der Waals surface area contributed by atoms with Gasteiger partial charge in [0.2, 0.25) is 5.91 Å². The lowest BCUT2D eigenvalue weighted by Gasteiger charge is -2.32. The number of hydrogen-bond acceptors (Lipinski definition) is 6. The molecule has 1 N–H and O–H groups in total. The minimum absolute atomic E-state index is 0.0148. The van der Waals surface area contributed by atoms with Gasteiger partial charge in [0.1, 0.15) is 11.5 Å². The van der Waals surface area contributed by atoms with Gasteiger partial charge in [-0.3, -0.25) is 9.59 Å². The van der Waals surface area contributed by atoms with E-state index in [0.29, 0.717) is 25.3 Å². The lowest BCUT2D eigenvalue weighted by molar-refractivity contribution is -0.121. The van der Waals surface area contributed by atoms with Crippen molar-refractivity contribution in [2.45, 2.75) is 39.2 Å². The van der Waals surface area contributed by atoms with Crippen LogP contribution >= 0.6 is 11.3 Å².